The molecule has 1 unspecified atom stereocenters. The van der Waals surface area contributed by atoms with Crippen molar-refractivity contribution < 1.29 is 23.4 Å². The Morgan fingerprint density at radius 3 is 2.51 bits per heavy atom. The largest absolute Gasteiger partial charge is 0.468 e. The first-order valence-electron chi connectivity index (χ1n) is 16.0. The zero-order valence-corrected chi connectivity index (χ0v) is 29.6. The van der Waals surface area contributed by atoms with Crippen LogP contribution in [0.25, 0.3) is 44.9 Å². The molecule has 51 heavy (non-hydrogen) atoms. The van der Waals surface area contributed by atoms with Crippen molar-refractivity contribution in [3.8, 4) is 5.75 Å². The molecule has 1 amide bonds. The lowest BCUT2D eigenvalue weighted by Gasteiger charge is -2.24. The third kappa shape index (κ3) is 6.77. The highest BCUT2D eigenvalue weighted by Gasteiger charge is 2.36. The quantitative estimate of drug-likeness (QED) is 0.0899. The number of nitrogens with zero attached hydrogens (tertiary/aromatic N) is 3. The molecule has 3 heterocycles. The number of carbonyl (C=O) groups is 2. The molecule has 0 aliphatic carbocycles. The van der Waals surface area contributed by atoms with Crippen molar-refractivity contribution in [3.63, 3.8) is 0 Å². The van der Waals surface area contributed by atoms with Gasteiger partial charge in [-0.05, 0) is 79.7 Å². The molecule has 0 fully saturated rings. The molecule has 3 N–H and O–H groups in total. The van der Waals surface area contributed by atoms with E-state index in [4.69, 9.17) is 14.4 Å². The van der Waals surface area contributed by atoms with Gasteiger partial charge in [-0.2, -0.15) is 9.55 Å². The lowest BCUT2D eigenvalue weighted by Crippen LogP contribution is -2.36. The maximum Gasteiger partial charge on any atom is 0.440 e. The molecule has 13 heteroatoms. The summed E-state index contributed by atoms with van der Waals surface area (Å²) in [6, 6.07) is 30.7. The van der Waals surface area contributed by atoms with Gasteiger partial charge in [0.05, 0.1) is 35.1 Å². The van der Waals surface area contributed by atoms with E-state index in [0.717, 1.165) is 31.6 Å². The smallest absolute Gasteiger partial charge is 0.440 e. The van der Waals surface area contributed by atoms with Gasteiger partial charge in [-0.1, -0.05) is 54.2 Å². The highest BCUT2D eigenvalue weighted by atomic mass is 32.2. The third-order valence-corrected chi connectivity index (χ3v) is 11.3. The number of pyridine rings is 1. The average molecular weight is 717 g/mol. The second-order valence-electron chi connectivity index (χ2n) is 11.6. The Kier molecular flexibility index (Phi) is 9.46. The van der Waals surface area contributed by atoms with E-state index in [-0.39, 0.29) is 5.91 Å². The van der Waals surface area contributed by atoms with Crippen molar-refractivity contribution in [2.75, 3.05) is 14.2 Å². The number of aromatic nitrogens is 4. The maximum absolute atomic E-state index is 15.5. The SMILES string of the molecule is CNC(=O)c1ccccc1Sc1ccc2c(/C=C/c3ccccn3)nn(P(=O)(N[C@@H](C)C(=O)OC)Oc3cccc4[nH]c5ccccc5c34)c2c1. The van der Waals surface area contributed by atoms with Crippen LogP contribution in [-0.4, -0.2) is 51.6 Å². The molecule has 0 saturated carbocycles. The molecule has 256 valence electrons. The molecule has 0 aliphatic rings. The van der Waals surface area contributed by atoms with Crippen molar-refractivity contribution in [1.82, 2.24) is 29.9 Å². The Morgan fingerprint density at radius 2 is 1.71 bits per heavy atom. The summed E-state index contributed by atoms with van der Waals surface area (Å²) in [5.41, 5.74) is 3.88. The molecular formula is C38H33N6O5PS. The molecule has 4 aromatic carbocycles. The normalized spacial score (nSPS) is 13.4. The van der Waals surface area contributed by atoms with Crippen LogP contribution in [0.15, 0.2) is 119 Å². The van der Waals surface area contributed by atoms with E-state index in [1.165, 1.54) is 23.3 Å². The number of carbonyl (C=O) groups excluding carboxylic acids is 2. The van der Waals surface area contributed by atoms with Crippen molar-refractivity contribution >= 4 is 76.2 Å². The lowest BCUT2D eigenvalue weighted by atomic mass is 10.1. The number of nitrogens with one attached hydrogen (secondary N) is 3. The van der Waals surface area contributed by atoms with E-state index < -0.39 is 19.7 Å². The standard InChI is InChI=1S/C38H33N6O5PS/c1-24(38(46)48-3)43-50(47,49-34-16-10-15-32-36(34)28-12-4-6-14-30(28)41-32)44-33-23-26(51-35-17-7-5-13-29(35)37(45)39-2)19-20-27(33)31(42-44)21-18-25-11-8-9-22-40-25/h4-24,41H,1-3H3,(H,39,45)(H,43,47)/b21-18+/t24-,50?/m0/s1. The molecular weight excluding hydrogens is 683 g/mol. The number of H-pyrrole nitrogens is 1. The summed E-state index contributed by atoms with van der Waals surface area (Å²) < 4.78 is 28.4. The van der Waals surface area contributed by atoms with Crippen LogP contribution in [0.4, 0.5) is 0 Å². The number of rotatable bonds is 11. The zero-order valence-electron chi connectivity index (χ0n) is 27.9. The van der Waals surface area contributed by atoms with Crippen molar-refractivity contribution in [2.45, 2.75) is 22.8 Å². The molecule has 7 rings (SSSR count). The minimum atomic E-state index is -4.31. The number of ether oxygens (including phenoxy) is 1. The second-order valence-corrected chi connectivity index (χ2v) is 14.5. The summed E-state index contributed by atoms with van der Waals surface area (Å²) >= 11 is 1.38. The summed E-state index contributed by atoms with van der Waals surface area (Å²) in [6.07, 6.45) is 5.31. The Balaban J connectivity index is 1.42. The van der Waals surface area contributed by atoms with Gasteiger partial charge >= 0.3 is 13.6 Å². The van der Waals surface area contributed by atoms with E-state index in [9.17, 15) is 9.59 Å². The number of aromatic amines is 1. The molecule has 0 bridgehead atoms. The number of methoxy groups -OCH3 is 1. The highest BCUT2D eigenvalue weighted by Crippen LogP contribution is 2.50. The highest BCUT2D eigenvalue weighted by molar-refractivity contribution is 7.99. The van der Waals surface area contributed by atoms with Gasteiger partial charge in [-0.3, -0.25) is 14.6 Å². The predicted octanol–water partition coefficient (Wildman–Crippen LogP) is 7.93. The molecule has 0 radical (unpaired) electrons. The van der Waals surface area contributed by atoms with Gasteiger partial charge in [0.25, 0.3) is 5.91 Å². The minimum absolute atomic E-state index is 0.212. The average Bonchev–Trinajstić information content (AvgIpc) is 3.73. The van der Waals surface area contributed by atoms with Crippen molar-refractivity contribution in [2.24, 2.45) is 0 Å². The van der Waals surface area contributed by atoms with Gasteiger partial charge in [0.2, 0.25) is 0 Å². The molecule has 3 aromatic heterocycles. The van der Waals surface area contributed by atoms with Crippen LogP contribution in [0.2, 0.25) is 0 Å². The summed E-state index contributed by atoms with van der Waals surface area (Å²) in [5.74, 6) is -0.508. The Labute approximate surface area is 297 Å². The fourth-order valence-electron chi connectivity index (χ4n) is 5.81. The van der Waals surface area contributed by atoms with E-state index >= 15 is 4.57 Å². The molecule has 0 spiro atoms. The summed E-state index contributed by atoms with van der Waals surface area (Å²) in [6.45, 7) is 1.55. The lowest BCUT2D eigenvalue weighted by molar-refractivity contribution is -0.142. The van der Waals surface area contributed by atoms with E-state index in [1.807, 2.05) is 97.1 Å². The Morgan fingerprint density at radius 1 is 0.922 bits per heavy atom. The number of fused-ring (bicyclic) bond motifs is 4. The molecule has 0 aliphatic heterocycles. The second kappa shape index (κ2) is 14.3. The van der Waals surface area contributed by atoms with Gasteiger partial charge in [0.15, 0.2) is 0 Å². The van der Waals surface area contributed by atoms with Crippen LogP contribution in [0, 0.1) is 0 Å². The Bertz CT molecular complexity index is 2500. The van der Waals surface area contributed by atoms with Gasteiger partial charge in [-0.25, -0.2) is 9.65 Å². The third-order valence-electron chi connectivity index (χ3n) is 8.22. The first kappa shape index (κ1) is 33.8. The number of hydrogen-bond donors (Lipinski definition) is 3. The fraction of sp³-hybridized carbons (Fsp3) is 0.105. The van der Waals surface area contributed by atoms with Gasteiger partial charge in [0.1, 0.15) is 11.8 Å². The fourth-order valence-corrected chi connectivity index (χ4v) is 8.70. The van der Waals surface area contributed by atoms with Crippen LogP contribution in [0.1, 0.15) is 28.7 Å². The minimum Gasteiger partial charge on any atom is -0.468 e. The van der Waals surface area contributed by atoms with Crippen molar-refractivity contribution in [3.05, 3.63) is 126 Å². The number of benzene rings is 4. The summed E-state index contributed by atoms with van der Waals surface area (Å²) in [4.78, 5) is 34.7. The summed E-state index contributed by atoms with van der Waals surface area (Å²) in [7, 11) is -1.45. The number of para-hydroxylation sites is 1. The van der Waals surface area contributed by atoms with Crippen LogP contribution in [-0.2, 0) is 14.1 Å². The summed E-state index contributed by atoms with van der Waals surface area (Å²) in [5, 5.41) is 12.8. The number of amides is 1. The van der Waals surface area contributed by atoms with Gasteiger partial charge < -0.3 is 19.6 Å². The van der Waals surface area contributed by atoms with Gasteiger partial charge in [-0.15, -0.1) is 0 Å². The molecule has 11 nitrogen and oxygen atoms in total. The van der Waals surface area contributed by atoms with Crippen LogP contribution < -0.4 is 14.9 Å². The topological polar surface area (TPSA) is 140 Å². The maximum atomic E-state index is 15.5. The molecule has 2 atom stereocenters. The van der Waals surface area contributed by atoms with Gasteiger partial charge in [0, 0.05) is 44.7 Å². The zero-order chi connectivity index (χ0) is 35.5. The van der Waals surface area contributed by atoms with E-state index in [0.29, 0.717) is 33.6 Å². The van der Waals surface area contributed by atoms with Crippen LogP contribution in [0.5, 0.6) is 5.75 Å². The van der Waals surface area contributed by atoms with Crippen molar-refractivity contribution in [1.29, 1.82) is 0 Å². The molecule has 0 saturated heterocycles. The predicted molar refractivity (Wildman–Crippen MR) is 201 cm³/mol. The first-order chi connectivity index (χ1) is 24.8. The first-order valence-corrected chi connectivity index (χ1v) is 18.4. The van der Waals surface area contributed by atoms with E-state index in [1.54, 1.807) is 38.4 Å². The van der Waals surface area contributed by atoms with Crippen LogP contribution in [0.3, 0.4) is 0 Å². The molecule has 7 aromatic rings. The van der Waals surface area contributed by atoms with E-state index in [2.05, 4.69) is 20.4 Å². The Hall–Kier alpha value is -5.68. The number of esters is 1. The monoisotopic (exact) mass is 716 g/mol. The van der Waals surface area contributed by atoms with Crippen LogP contribution >= 0.6 is 19.4 Å². The number of hydrogen-bond acceptors (Lipinski definition) is 8.